The Morgan fingerprint density at radius 3 is 2.59 bits per heavy atom. The van der Waals surface area contributed by atoms with Crippen molar-refractivity contribution in [2.75, 3.05) is 31.5 Å². The average Bonchev–Trinajstić information content (AvgIpc) is 3.23. The maximum Gasteiger partial charge on any atom is 0.313 e. The van der Waals surface area contributed by atoms with Crippen LogP contribution in [0.15, 0.2) is 41.8 Å². The highest BCUT2D eigenvalue weighted by Gasteiger charge is 2.21. The van der Waals surface area contributed by atoms with Gasteiger partial charge in [0.05, 0.1) is 0 Å². The number of nitrogens with one attached hydrogen (secondary N) is 2. The second-order valence-corrected chi connectivity index (χ2v) is 7.83. The molecule has 2 heterocycles. The first kappa shape index (κ1) is 19.6. The summed E-state index contributed by atoms with van der Waals surface area (Å²) in [7, 11) is 0. The summed E-state index contributed by atoms with van der Waals surface area (Å²) in [5.41, 5.74) is 1.73. The van der Waals surface area contributed by atoms with E-state index < -0.39 is 11.8 Å². The zero-order valence-corrected chi connectivity index (χ0v) is 16.6. The lowest BCUT2D eigenvalue weighted by molar-refractivity contribution is -0.136. The van der Waals surface area contributed by atoms with Gasteiger partial charge < -0.3 is 15.5 Å². The minimum absolute atomic E-state index is 0.491. The molecule has 1 aromatic heterocycles. The van der Waals surface area contributed by atoms with Crippen molar-refractivity contribution in [2.45, 2.75) is 32.1 Å². The number of anilines is 1. The normalized spacial score (nSPS) is 15.4. The molecule has 1 saturated heterocycles. The van der Waals surface area contributed by atoms with Gasteiger partial charge in [0.25, 0.3) is 0 Å². The van der Waals surface area contributed by atoms with E-state index >= 15 is 0 Å². The number of hydrogen-bond donors (Lipinski definition) is 2. The van der Waals surface area contributed by atoms with Crippen LogP contribution in [0.1, 0.15) is 36.1 Å². The average molecular weight is 386 g/mol. The maximum absolute atomic E-state index is 12.1. The van der Waals surface area contributed by atoms with Crippen molar-refractivity contribution in [3.63, 3.8) is 0 Å². The molecule has 3 rings (SSSR count). The molecule has 0 atom stereocenters. The summed E-state index contributed by atoms with van der Waals surface area (Å²) in [6.45, 7) is 5.36. The van der Waals surface area contributed by atoms with E-state index in [1.807, 2.05) is 42.5 Å². The van der Waals surface area contributed by atoms with Crippen molar-refractivity contribution >= 4 is 28.8 Å². The smallest absolute Gasteiger partial charge is 0.313 e. The standard InChI is InChI=1S/C21H27N3O2S/c1-2-16-6-3-4-7-18(16)23-21(26)20(25)22-11-14-24-12-9-17(10-13-24)19-8-5-15-27-19/h3-8,15,17H,2,9-14H2,1H3,(H,22,25)(H,23,26). The number of rotatable bonds is 6. The van der Waals surface area contributed by atoms with E-state index in [-0.39, 0.29) is 0 Å². The van der Waals surface area contributed by atoms with Gasteiger partial charge in [-0.05, 0) is 61.3 Å². The lowest BCUT2D eigenvalue weighted by atomic mass is 9.95. The van der Waals surface area contributed by atoms with E-state index in [1.165, 1.54) is 4.88 Å². The lowest BCUT2D eigenvalue weighted by Crippen LogP contribution is -2.42. The molecular weight excluding hydrogens is 358 g/mol. The fraction of sp³-hybridized carbons (Fsp3) is 0.429. The Morgan fingerprint density at radius 2 is 1.89 bits per heavy atom. The number of likely N-dealkylation sites (tertiary alicyclic amines) is 1. The van der Waals surface area contributed by atoms with Crippen LogP contribution in [0.25, 0.3) is 0 Å². The van der Waals surface area contributed by atoms with E-state index in [1.54, 1.807) is 0 Å². The molecule has 144 valence electrons. The molecule has 6 heteroatoms. The SMILES string of the molecule is CCc1ccccc1NC(=O)C(=O)NCCN1CCC(c2cccs2)CC1. The van der Waals surface area contributed by atoms with E-state index in [0.29, 0.717) is 18.2 Å². The Labute approximate surface area is 164 Å². The highest BCUT2D eigenvalue weighted by Crippen LogP contribution is 2.30. The Kier molecular flexibility index (Phi) is 7.01. The minimum atomic E-state index is -0.604. The molecule has 1 fully saturated rings. The number of carbonyl (C=O) groups excluding carboxylic acids is 2. The molecule has 27 heavy (non-hydrogen) atoms. The van der Waals surface area contributed by atoms with Crippen LogP contribution < -0.4 is 10.6 Å². The Hall–Kier alpha value is -2.18. The van der Waals surface area contributed by atoms with Crippen LogP contribution in [0.5, 0.6) is 0 Å². The van der Waals surface area contributed by atoms with Gasteiger partial charge >= 0.3 is 11.8 Å². The summed E-state index contributed by atoms with van der Waals surface area (Å²) >= 11 is 1.84. The molecule has 1 aliphatic heterocycles. The number of nitrogens with zero attached hydrogens (tertiary/aromatic N) is 1. The molecule has 0 saturated carbocycles. The van der Waals surface area contributed by atoms with Crippen LogP contribution in [-0.4, -0.2) is 42.9 Å². The van der Waals surface area contributed by atoms with Gasteiger partial charge in [-0.2, -0.15) is 0 Å². The summed E-state index contributed by atoms with van der Waals surface area (Å²) in [6.07, 6.45) is 3.12. The van der Waals surface area contributed by atoms with Crippen LogP contribution in [0.4, 0.5) is 5.69 Å². The molecule has 1 aromatic carbocycles. The van der Waals surface area contributed by atoms with Crippen molar-refractivity contribution in [2.24, 2.45) is 0 Å². The maximum atomic E-state index is 12.1. The third-order valence-electron chi connectivity index (χ3n) is 5.10. The fourth-order valence-electron chi connectivity index (χ4n) is 3.50. The molecular formula is C21H27N3O2S. The minimum Gasteiger partial charge on any atom is -0.347 e. The van der Waals surface area contributed by atoms with Crippen molar-refractivity contribution in [3.8, 4) is 0 Å². The zero-order valence-electron chi connectivity index (χ0n) is 15.7. The van der Waals surface area contributed by atoms with Gasteiger partial charge in [0.2, 0.25) is 0 Å². The Morgan fingerprint density at radius 1 is 1.11 bits per heavy atom. The second-order valence-electron chi connectivity index (χ2n) is 6.85. The van der Waals surface area contributed by atoms with Gasteiger partial charge in [0.15, 0.2) is 0 Å². The lowest BCUT2D eigenvalue weighted by Gasteiger charge is -2.31. The van der Waals surface area contributed by atoms with Gasteiger partial charge in [-0.15, -0.1) is 11.3 Å². The van der Waals surface area contributed by atoms with Crippen LogP contribution >= 0.6 is 11.3 Å². The first-order valence-corrected chi connectivity index (χ1v) is 10.5. The number of para-hydroxylation sites is 1. The molecule has 0 bridgehead atoms. The summed E-state index contributed by atoms with van der Waals surface area (Å²) in [5, 5.41) is 7.58. The molecule has 2 amide bonds. The molecule has 0 aliphatic carbocycles. The number of hydrogen-bond acceptors (Lipinski definition) is 4. The van der Waals surface area contributed by atoms with Crippen molar-refractivity contribution in [3.05, 3.63) is 52.2 Å². The molecule has 2 aromatic rings. The topological polar surface area (TPSA) is 61.4 Å². The van der Waals surface area contributed by atoms with Gasteiger partial charge in [-0.3, -0.25) is 9.59 Å². The third-order valence-corrected chi connectivity index (χ3v) is 6.13. The number of carbonyl (C=O) groups is 2. The first-order chi connectivity index (χ1) is 13.2. The van der Waals surface area contributed by atoms with Crippen LogP contribution in [0.2, 0.25) is 0 Å². The molecule has 5 nitrogen and oxygen atoms in total. The van der Waals surface area contributed by atoms with E-state index in [2.05, 4.69) is 33.0 Å². The molecule has 0 unspecified atom stereocenters. The number of benzene rings is 1. The number of thiophene rings is 1. The van der Waals surface area contributed by atoms with Crippen molar-refractivity contribution < 1.29 is 9.59 Å². The Balaban J connectivity index is 1.37. The zero-order chi connectivity index (χ0) is 19.1. The van der Waals surface area contributed by atoms with Gasteiger partial charge in [-0.1, -0.05) is 31.2 Å². The number of aryl methyl sites for hydroxylation is 1. The Bertz CT molecular complexity index is 753. The van der Waals surface area contributed by atoms with E-state index in [4.69, 9.17) is 0 Å². The highest BCUT2D eigenvalue weighted by atomic mass is 32.1. The predicted octanol–water partition coefficient (Wildman–Crippen LogP) is 3.24. The van der Waals surface area contributed by atoms with Gasteiger partial charge in [0.1, 0.15) is 0 Å². The van der Waals surface area contributed by atoms with E-state index in [9.17, 15) is 9.59 Å². The summed E-state index contributed by atoms with van der Waals surface area (Å²) in [6, 6.07) is 11.9. The monoisotopic (exact) mass is 385 g/mol. The first-order valence-electron chi connectivity index (χ1n) is 9.60. The summed E-state index contributed by atoms with van der Waals surface area (Å²) < 4.78 is 0. The molecule has 0 spiro atoms. The largest absolute Gasteiger partial charge is 0.347 e. The molecule has 1 aliphatic rings. The quantitative estimate of drug-likeness (QED) is 0.751. The highest BCUT2D eigenvalue weighted by molar-refractivity contribution is 7.10. The van der Waals surface area contributed by atoms with E-state index in [0.717, 1.165) is 44.5 Å². The summed E-state index contributed by atoms with van der Waals surface area (Å²) in [5.74, 6) is -0.512. The predicted molar refractivity (Wildman–Crippen MR) is 110 cm³/mol. The van der Waals surface area contributed by atoms with Crippen LogP contribution in [0, 0.1) is 0 Å². The second kappa shape index (κ2) is 9.67. The molecule has 2 N–H and O–H groups in total. The van der Waals surface area contributed by atoms with Crippen LogP contribution in [-0.2, 0) is 16.0 Å². The number of piperidine rings is 1. The third kappa shape index (κ3) is 5.40. The molecule has 0 radical (unpaired) electrons. The van der Waals surface area contributed by atoms with Crippen molar-refractivity contribution in [1.29, 1.82) is 0 Å². The van der Waals surface area contributed by atoms with Crippen LogP contribution in [0.3, 0.4) is 0 Å². The van der Waals surface area contributed by atoms with Gasteiger partial charge in [0, 0.05) is 23.7 Å². The number of amides is 2. The summed E-state index contributed by atoms with van der Waals surface area (Å²) in [4.78, 5) is 28.0. The fourth-order valence-corrected chi connectivity index (χ4v) is 4.40. The van der Waals surface area contributed by atoms with Gasteiger partial charge in [-0.25, -0.2) is 0 Å². The van der Waals surface area contributed by atoms with Crippen molar-refractivity contribution in [1.82, 2.24) is 10.2 Å².